The van der Waals surface area contributed by atoms with Gasteiger partial charge in [-0.3, -0.25) is 0 Å². The normalized spacial score (nSPS) is 16.8. The molecule has 14 rings (SSSR count). The molecule has 9 aromatic carbocycles. The zero-order chi connectivity index (χ0) is 43.4. The molecule has 4 aliphatic rings. The number of furan rings is 1. The molecule has 3 aliphatic heterocycles. The minimum atomic E-state index is -0.586. The van der Waals surface area contributed by atoms with Crippen molar-refractivity contribution in [2.24, 2.45) is 0 Å². The van der Waals surface area contributed by atoms with Crippen molar-refractivity contribution in [2.45, 2.75) is 56.8 Å². The number of hydrogen-bond donors (Lipinski definition) is 0. The predicted molar refractivity (Wildman–Crippen MR) is 272 cm³/mol. The van der Waals surface area contributed by atoms with E-state index in [4.69, 9.17) is 4.42 Å². The zero-order valence-corrected chi connectivity index (χ0v) is 37.2. The summed E-state index contributed by atoms with van der Waals surface area (Å²) in [6.45, 7) is 9.60. The number of anilines is 5. The van der Waals surface area contributed by atoms with Crippen molar-refractivity contribution in [3.8, 4) is 11.1 Å². The maximum Gasteiger partial charge on any atom is 0.333 e. The second-order valence-corrected chi connectivity index (χ2v) is 20.2. The lowest BCUT2D eigenvalue weighted by Gasteiger charge is -2.52. The molecule has 0 saturated carbocycles. The van der Waals surface area contributed by atoms with Gasteiger partial charge in [-0.1, -0.05) is 173 Å². The van der Waals surface area contributed by atoms with Gasteiger partial charge in [-0.25, -0.2) is 0 Å². The van der Waals surface area contributed by atoms with Gasteiger partial charge in [-0.05, 0) is 127 Å². The van der Waals surface area contributed by atoms with Crippen LogP contribution in [0.25, 0.3) is 43.8 Å². The second-order valence-electron chi connectivity index (χ2n) is 20.2. The maximum atomic E-state index is 7.11. The SMILES string of the molecule is CC1(C)CCC(C)(C)c2cc(N3B4c5cccc6c5N(c5ccccc5C6(c5ccccc5)c5ccccc5)c5cc6ccccc6c(c54)-c4c3ccc3c4oc4ccccc43)ccc21. The van der Waals surface area contributed by atoms with E-state index >= 15 is 0 Å². The molecule has 4 heteroatoms. The van der Waals surface area contributed by atoms with E-state index in [9.17, 15) is 0 Å². The van der Waals surface area contributed by atoms with Crippen molar-refractivity contribution in [3.05, 3.63) is 221 Å². The van der Waals surface area contributed by atoms with Crippen LogP contribution in [-0.4, -0.2) is 6.85 Å². The van der Waals surface area contributed by atoms with Gasteiger partial charge in [0, 0.05) is 39.1 Å². The fourth-order valence-electron chi connectivity index (χ4n) is 12.9. The Bertz CT molecular complexity index is 3600. The molecule has 0 atom stereocenters. The lowest BCUT2D eigenvalue weighted by Crippen LogP contribution is -2.62. The molecule has 65 heavy (non-hydrogen) atoms. The Morgan fingerprint density at radius 2 is 1.14 bits per heavy atom. The van der Waals surface area contributed by atoms with Gasteiger partial charge in [0.2, 0.25) is 0 Å². The van der Waals surface area contributed by atoms with Crippen LogP contribution < -0.4 is 20.6 Å². The fourth-order valence-corrected chi connectivity index (χ4v) is 12.9. The number of fused-ring (bicyclic) bond motifs is 13. The number of hydrogen-bond acceptors (Lipinski definition) is 3. The quantitative estimate of drug-likeness (QED) is 0.165. The summed E-state index contributed by atoms with van der Waals surface area (Å²) in [7, 11) is 0. The number of nitrogens with zero attached hydrogens (tertiary/aromatic N) is 2. The minimum Gasteiger partial charge on any atom is -0.455 e. The highest BCUT2D eigenvalue weighted by Crippen LogP contribution is 2.60. The fraction of sp³-hybridized carbons (Fsp3) is 0.148. The van der Waals surface area contributed by atoms with Crippen molar-refractivity contribution >= 4 is 78.9 Å². The van der Waals surface area contributed by atoms with Crippen molar-refractivity contribution in [2.75, 3.05) is 9.71 Å². The van der Waals surface area contributed by atoms with E-state index in [0.29, 0.717) is 0 Å². The number of benzene rings is 9. The van der Waals surface area contributed by atoms with E-state index in [1.54, 1.807) is 0 Å². The van der Waals surface area contributed by atoms with Crippen LogP contribution in [0.4, 0.5) is 28.4 Å². The average molecular weight is 835 g/mol. The standard InChI is InChI=1S/C61H47BN2O/c1-59(2)34-35-60(3,4)48-37-41(30-32-45(48)59)64-51-33-31-44-43-24-13-16-29-53(43)65-58(44)55(51)54-42-23-12-11-18-38(42)36-52-56(54)62(64)49-27-17-26-47-57(49)63(52)50-28-15-14-25-46(50)61(47,39-19-7-5-8-20-39)40-21-9-6-10-22-40/h5-33,36-37H,34-35H2,1-4H3. The van der Waals surface area contributed by atoms with E-state index in [1.807, 2.05) is 0 Å². The summed E-state index contributed by atoms with van der Waals surface area (Å²) in [6, 6.07) is 71.0. The molecular weight excluding hydrogens is 787 g/mol. The molecule has 0 saturated heterocycles. The first-order valence-corrected chi connectivity index (χ1v) is 23.3. The van der Waals surface area contributed by atoms with Gasteiger partial charge in [0.1, 0.15) is 11.2 Å². The average Bonchev–Trinajstić information content (AvgIpc) is 3.73. The van der Waals surface area contributed by atoms with Crippen LogP contribution in [-0.2, 0) is 16.2 Å². The Hall–Kier alpha value is -7.30. The van der Waals surface area contributed by atoms with Gasteiger partial charge in [0.15, 0.2) is 0 Å². The third-order valence-corrected chi connectivity index (χ3v) is 15.9. The summed E-state index contributed by atoms with van der Waals surface area (Å²) in [6.07, 6.45) is 2.32. The van der Waals surface area contributed by atoms with E-state index in [0.717, 1.165) is 33.9 Å². The number of para-hydroxylation sites is 3. The molecule has 0 fully saturated rings. The molecule has 0 N–H and O–H groups in total. The van der Waals surface area contributed by atoms with Crippen LogP contribution in [0, 0.1) is 0 Å². The highest BCUT2D eigenvalue weighted by Gasteiger charge is 2.53. The summed E-state index contributed by atoms with van der Waals surface area (Å²) >= 11 is 0. The van der Waals surface area contributed by atoms with Crippen LogP contribution in [0.1, 0.15) is 73.9 Å². The third kappa shape index (κ3) is 4.77. The summed E-state index contributed by atoms with van der Waals surface area (Å²) in [5, 5.41) is 4.74. The Labute approximate surface area is 380 Å². The minimum absolute atomic E-state index is 0.0331. The van der Waals surface area contributed by atoms with Crippen LogP contribution in [0.3, 0.4) is 0 Å². The Balaban J connectivity index is 1.17. The Morgan fingerprint density at radius 3 is 1.92 bits per heavy atom. The number of rotatable bonds is 3. The molecule has 10 aromatic rings. The molecule has 4 heterocycles. The third-order valence-electron chi connectivity index (χ3n) is 15.9. The second kappa shape index (κ2) is 12.9. The van der Waals surface area contributed by atoms with Gasteiger partial charge in [-0.2, -0.15) is 0 Å². The van der Waals surface area contributed by atoms with E-state index in [2.05, 4.69) is 225 Å². The Morgan fingerprint density at radius 1 is 0.477 bits per heavy atom. The van der Waals surface area contributed by atoms with Crippen LogP contribution in [0.15, 0.2) is 192 Å². The van der Waals surface area contributed by atoms with Gasteiger partial charge in [0.05, 0.1) is 11.1 Å². The van der Waals surface area contributed by atoms with Crippen LogP contribution in [0.2, 0.25) is 0 Å². The first-order chi connectivity index (χ1) is 31.8. The summed E-state index contributed by atoms with van der Waals surface area (Å²) in [4.78, 5) is 5.33. The molecule has 1 aromatic heterocycles. The van der Waals surface area contributed by atoms with Crippen molar-refractivity contribution < 1.29 is 4.42 Å². The smallest absolute Gasteiger partial charge is 0.333 e. The molecule has 0 bridgehead atoms. The van der Waals surface area contributed by atoms with Crippen LogP contribution >= 0.6 is 0 Å². The predicted octanol–water partition coefficient (Wildman–Crippen LogP) is 14.5. The maximum absolute atomic E-state index is 7.11. The highest BCUT2D eigenvalue weighted by atomic mass is 16.3. The Kier molecular flexibility index (Phi) is 7.38. The molecule has 0 amide bonds. The summed E-state index contributed by atoms with van der Waals surface area (Å²) in [5.41, 5.74) is 20.5. The van der Waals surface area contributed by atoms with E-state index in [1.165, 1.54) is 95.5 Å². The van der Waals surface area contributed by atoms with Crippen molar-refractivity contribution in [3.63, 3.8) is 0 Å². The first kappa shape index (κ1) is 37.1. The lowest BCUT2D eigenvalue weighted by molar-refractivity contribution is 0.332. The molecule has 310 valence electrons. The summed E-state index contributed by atoms with van der Waals surface area (Å²) in [5.74, 6) is 0. The van der Waals surface area contributed by atoms with Crippen LogP contribution in [0.5, 0.6) is 0 Å². The molecule has 1 aliphatic carbocycles. The lowest BCUT2D eigenvalue weighted by atomic mass is 9.42. The van der Waals surface area contributed by atoms with Gasteiger partial charge < -0.3 is 14.1 Å². The summed E-state index contributed by atoms with van der Waals surface area (Å²) < 4.78 is 7.11. The molecule has 0 radical (unpaired) electrons. The van der Waals surface area contributed by atoms with Crippen molar-refractivity contribution in [1.82, 2.24) is 0 Å². The van der Waals surface area contributed by atoms with Gasteiger partial charge >= 0.3 is 6.85 Å². The van der Waals surface area contributed by atoms with E-state index in [-0.39, 0.29) is 17.7 Å². The zero-order valence-electron chi connectivity index (χ0n) is 37.2. The topological polar surface area (TPSA) is 19.6 Å². The highest BCUT2D eigenvalue weighted by molar-refractivity contribution is 6.94. The van der Waals surface area contributed by atoms with E-state index < -0.39 is 5.41 Å². The largest absolute Gasteiger partial charge is 0.455 e. The monoisotopic (exact) mass is 834 g/mol. The molecule has 0 unspecified atom stereocenters. The van der Waals surface area contributed by atoms with Gasteiger partial charge in [-0.15, -0.1) is 0 Å². The molecule has 0 spiro atoms. The molecular formula is C61H47BN2O. The van der Waals surface area contributed by atoms with Crippen molar-refractivity contribution in [1.29, 1.82) is 0 Å². The first-order valence-electron chi connectivity index (χ1n) is 23.3. The molecule has 3 nitrogen and oxygen atoms in total. The van der Waals surface area contributed by atoms with Gasteiger partial charge in [0.25, 0.3) is 0 Å².